The monoisotopic (exact) mass is 273 g/mol. The third-order valence-corrected chi connectivity index (χ3v) is 3.58. The van der Waals surface area contributed by atoms with Crippen LogP contribution in [-0.4, -0.2) is 51.6 Å². The van der Waals surface area contributed by atoms with E-state index in [1.54, 1.807) is 7.11 Å². The van der Waals surface area contributed by atoms with E-state index in [1.807, 2.05) is 29.1 Å². The van der Waals surface area contributed by atoms with Gasteiger partial charge in [0.2, 0.25) is 5.88 Å². The fourth-order valence-corrected chi connectivity index (χ4v) is 2.45. The standard InChI is InChI=1S/C14H19N5O/c1-20-14-6-4-5-12(15-14)13-11-19(17-16-13)10-9-18-7-2-3-8-18/h4-6,11H,2-3,7-10H2,1H3. The number of pyridine rings is 1. The highest BCUT2D eigenvalue weighted by atomic mass is 16.5. The van der Waals surface area contributed by atoms with Gasteiger partial charge in [-0.1, -0.05) is 11.3 Å². The third kappa shape index (κ3) is 2.96. The van der Waals surface area contributed by atoms with Gasteiger partial charge < -0.3 is 9.64 Å². The first-order valence-electron chi connectivity index (χ1n) is 6.99. The molecular formula is C14H19N5O. The zero-order valence-corrected chi connectivity index (χ0v) is 11.7. The quantitative estimate of drug-likeness (QED) is 0.825. The van der Waals surface area contributed by atoms with E-state index in [-0.39, 0.29) is 0 Å². The molecule has 0 radical (unpaired) electrons. The number of aromatic nitrogens is 4. The second-order valence-corrected chi connectivity index (χ2v) is 4.98. The van der Waals surface area contributed by atoms with Crippen molar-refractivity contribution in [2.75, 3.05) is 26.7 Å². The maximum absolute atomic E-state index is 5.13. The van der Waals surface area contributed by atoms with Gasteiger partial charge in [0.05, 0.1) is 25.5 Å². The second-order valence-electron chi connectivity index (χ2n) is 4.98. The van der Waals surface area contributed by atoms with Gasteiger partial charge in [-0.05, 0) is 32.0 Å². The number of likely N-dealkylation sites (tertiary alicyclic amines) is 1. The lowest BCUT2D eigenvalue weighted by molar-refractivity contribution is 0.314. The molecule has 106 valence electrons. The van der Waals surface area contributed by atoms with Gasteiger partial charge >= 0.3 is 0 Å². The largest absolute Gasteiger partial charge is 0.481 e. The molecule has 1 aliphatic rings. The minimum atomic E-state index is 0.592. The molecule has 0 unspecified atom stereocenters. The van der Waals surface area contributed by atoms with Crippen molar-refractivity contribution in [2.24, 2.45) is 0 Å². The molecule has 0 amide bonds. The lowest BCUT2D eigenvalue weighted by Gasteiger charge is -2.13. The van der Waals surface area contributed by atoms with Gasteiger partial charge in [0, 0.05) is 12.6 Å². The highest BCUT2D eigenvalue weighted by Gasteiger charge is 2.12. The predicted octanol–water partition coefficient (Wildman–Crippen LogP) is 1.44. The second kappa shape index (κ2) is 6.00. The summed E-state index contributed by atoms with van der Waals surface area (Å²) in [6.45, 7) is 4.32. The van der Waals surface area contributed by atoms with Crippen molar-refractivity contribution in [3.63, 3.8) is 0 Å². The van der Waals surface area contributed by atoms with Gasteiger partial charge in [0.1, 0.15) is 5.69 Å². The third-order valence-electron chi connectivity index (χ3n) is 3.58. The molecule has 2 aromatic heterocycles. The highest BCUT2D eigenvalue weighted by molar-refractivity contribution is 5.52. The van der Waals surface area contributed by atoms with Gasteiger partial charge in [0.15, 0.2) is 0 Å². The zero-order valence-electron chi connectivity index (χ0n) is 11.7. The Hall–Kier alpha value is -1.95. The molecule has 0 bridgehead atoms. The van der Waals surface area contributed by atoms with Crippen molar-refractivity contribution in [1.29, 1.82) is 0 Å². The summed E-state index contributed by atoms with van der Waals surface area (Å²) in [5.41, 5.74) is 1.57. The van der Waals surface area contributed by atoms with Gasteiger partial charge in [0.25, 0.3) is 0 Å². The van der Waals surface area contributed by atoms with E-state index < -0.39 is 0 Å². The summed E-state index contributed by atoms with van der Waals surface area (Å²) in [6.07, 6.45) is 4.57. The van der Waals surface area contributed by atoms with E-state index in [4.69, 9.17) is 4.74 Å². The lowest BCUT2D eigenvalue weighted by atomic mass is 10.3. The Balaban J connectivity index is 1.66. The Kier molecular flexibility index (Phi) is 3.92. The molecule has 1 saturated heterocycles. The van der Waals surface area contributed by atoms with Gasteiger partial charge in [-0.25, -0.2) is 4.98 Å². The van der Waals surface area contributed by atoms with E-state index in [0.717, 1.165) is 24.5 Å². The lowest BCUT2D eigenvalue weighted by Crippen LogP contribution is -2.24. The average molecular weight is 273 g/mol. The van der Waals surface area contributed by atoms with E-state index >= 15 is 0 Å². The first-order valence-corrected chi connectivity index (χ1v) is 6.99. The van der Waals surface area contributed by atoms with E-state index in [1.165, 1.54) is 25.9 Å². The van der Waals surface area contributed by atoms with Crippen LogP contribution in [0.15, 0.2) is 24.4 Å². The van der Waals surface area contributed by atoms with Crippen LogP contribution in [0.5, 0.6) is 5.88 Å². The molecule has 0 aromatic carbocycles. The van der Waals surface area contributed by atoms with Crippen LogP contribution in [0, 0.1) is 0 Å². The SMILES string of the molecule is COc1cccc(-c2cn(CCN3CCCC3)nn2)n1. The van der Waals surface area contributed by atoms with Crippen LogP contribution in [0.3, 0.4) is 0 Å². The molecule has 6 heteroatoms. The normalized spacial score (nSPS) is 15.7. The first kappa shape index (κ1) is 13.1. The molecule has 0 saturated carbocycles. The minimum absolute atomic E-state index is 0.592. The van der Waals surface area contributed by atoms with Crippen LogP contribution in [0.25, 0.3) is 11.4 Å². The van der Waals surface area contributed by atoms with Crippen LogP contribution >= 0.6 is 0 Å². The summed E-state index contributed by atoms with van der Waals surface area (Å²) < 4.78 is 7.01. The Morgan fingerprint density at radius 3 is 2.80 bits per heavy atom. The summed E-state index contributed by atoms with van der Waals surface area (Å²) in [7, 11) is 1.61. The summed E-state index contributed by atoms with van der Waals surface area (Å²) in [4.78, 5) is 6.83. The number of nitrogens with zero attached hydrogens (tertiary/aromatic N) is 5. The maximum atomic E-state index is 5.13. The average Bonchev–Trinajstić information content (AvgIpc) is 3.16. The fraction of sp³-hybridized carbons (Fsp3) is 0.500. The Bertz CT molecular complexity index is 562. The van der Waals surface area contributed by atoms with Crippen LogP contribution in [0.2, 0.25) is 0 Å². The molecule has 3 heterocycles. The van der Waals surface area contributed by atoms with Crippen molar-refractivity contribution in [3.8, 4) is 17.3 Å². The first-order chi connectivity index (χ1) is 9.85. The van der Waals surface area contributed by atoms with Crippen molar-refractivity contribution >= 4 is 0 Å². The van der Waals surface area contributed by atoms with Crippen LogP contribution in [-0.2, 0) is 6.54 Å². The van der Waals surface area contributed by atoms with E-state index in [2.05, 4.69) is 20.2 Å². The zero-order chi connectivity index (χ0) is 13.8. The van der Waals surface area contributed by atoms with Gasteiger partial charge in [-0.3, -0.25) is 4.68 Å². The molecule has 0 spiro atoms. The number of hydrogen-bond acceptors (Lipinski definition) is 5. The summed E-state index contributed by atoms with van der Waals surface area (Å²) >= 11 is 0. The molecule has 1 aliphatic heterocycles. The van der Waals surface area contributed by atoms with Crippen LogP contribution < -0.4 is 4.74 Å². The van der Waals surface area contributed by atoms with Crippen molar-refractivity contribution < 1.29 is 4.74 Å². The van der Waals surface area contributed by atoms with Gasteiger partial charge in [-0.2, -0.15) is 0 Å². The van der Waals surface area contributed by atoms with Gasteiger partial charge in [-0.15, -0.1) is 5.10 Å². The molecule has 6 nitrogen and oxygen atoms in total. The van der Waals surface area contributed by atoms with Crippen molar-refractivity contribution in [3.05, 3.63) is 24.4 Å². The summed E-state index contributed by atoms with van der Waals surface area (Å²) in [5, 5.41) is 8.35. The topological polar surface area (TPSA) is 56.1 Å². The molecule has 0 aliphatic carbocycles. The number of rotatable bonds is 5. The molecule has 3 rings (SSSR count). The summed E-state index contributed by atoms with van der Waals surface area (Å²) in [6, 6.07) is 5.64. The minimum Gasteiger partial charge on any atom is -0.481 e. The van der Waals surface area contributed by atoms with E-state index in [9.17, 15) is 0 Å². The van der Waals surface area contributed by atoms with Crippen LogP contribution in [0.4, 0.5) is 0 Å². The predicted molar refractivity (Wildman–Crippen MR) is 75.5 cm³/mol. The van der Waals surface area contributed by atoms with Crippen molar-refractivity contribution in [2.45, 2.75) is 19.4 Å². The molecule has 1 fully saturated rings. The molecule has 0 atom stereocenters. The Morgan fingerprint density at radius 2 is 2.00 bits per heavy atom. The van der Waals surface area contributed by atoms with E-state index in [0.29, 0.717) is 5.88 Å². The molecule has 2 aromatic rings. The number of methoxy groups -OCH3 is 1. The Morgan fingerprint density at radius 1 is 1.15 bits per heavy atom. The smallest absolute Gasteiger partial charge is 0.213 e. The maximum Gasteiger partial charge on any atom is 0.213 e. The fourth-order valence-electron chi connectivity index (χ4n) is 2.45. The summed E-state index contributed by atoms with van der Waals surface area (Å²) in [5.74, 6) is 0.592. The Labute approximate surface area is 118 Å². The number of ether oxygens (including phenoxy) is 1. The van der Waals surface area contributed by atoms with Crippen LogP contribution in [0.1, 0.15) is 12.8 Å². The number of hydrogen-bond donors (Lipinski definition) is 0. The molecule has 20 heavy (non-hydrogen) atoms. The molecular weight excluding hydrogens is 254 g/mol. The molecule has 0 N–H and O–H groups in total. The highest BCUT2D eigenvalue weighted by Crippen LogP contribution is 2.16. The van der Waals surface area contributed by atoms with Crippen molar-refractivity contribution in [1.82, 2.24) is 24.9 Å².